The van der Waals surface area contributed by atoms with Crippen LogP contribution in [0.15, 0.2) is 41.3 Å². The molecule has 0 saturated heterocycles. The molecule has 6 nitrogen and oxygen atoms in total. The van der Waals surface area contributed by atoms with E-state index in [1.807, 2.05) is 48.0 Å². The maximum atomic E-state index is 13.1. The zero-order chi connectivity index (χ0) is 19.7. The molecule has 1 fully saturated rings. The van der Waals surface area contributed by atoms with Crippen molar-refractivity contribution in [2.45, 2.75) is 57.7 Å². The first-order valence-electron chi connectivity index (χ1n) is 9.95. The van der Waals surface area contributed by atoms with Crippen LogP contribution in [0.5, 0.6) is 0 Å². The second-order valence-corrected chi connectivity index (χ2v) is 7.59. The summed E-state index contributed by atoms with van der Waals surface area (Å²) in [5.74, 6) is 1.16. The standard InChI is InChI=1S/C22H25N5O/c1-2-26-11-10-19-20(22(26)28)27(14-17-7-4-3-6-16(17)13-23)21(25-19)15-8-5-9-18(24)12-15/h3-4,6-7,10-11,15,18H,2,5,8-9,12,14,24H2,1H3. The molecule has 6 heteroatoms. The van der Waals surface area contributed by atoms with Gasteiger partial charge >= 0.3 is 0 Å². The summed E-state index contributed by atoms with van der Waals surface area (Å²) >= 11 is 0. The van der Waals surface area contributed by atoms with Gasteiger partial charge in [0.25, 0.3) is 5.56 Å². The highest BCUT2D eigenvalue weighted by molar-refractivity contribution is 5.75. The van der Waals surface area contributed by atoms with E-state index in [-0.39, 0.29) is 17.5 Å². The van der Waals surface area contributed by atoms with E-state index in [1.54, 1.807) is 4.57 Å². The number of nitrogens with two attached hydrogens (primary N) is 1. The van der Waals surface area contributed by atoms with Gasteiger partial charge in [-0.1, -0.05) is 24.6 Å². The van der Waals surface area contributed by atoms with Crippen molar-refractivity contribution in [1.82, 2.24) is 14.1 Å². The van der Waals surface area contributed by atoms with Crippen LogP contribution in [-0.2, 0) is 13.1 Å². The lowest BCUT2D eigenvalue weighted by Crippen LogP contribution is -2.28. The minimum absolute atomic E-state index is 0.0340. The fraction of sp³-hybridized carbons (Fsp3) is 0.409. The molecule has 3 aromatic rings. The quantitative estimate of drug-likeness (QED) is 0.759. The maximum Gasteiger partial charge on any atom is 0.276 e. The predicted molar refractivity (Wildman–Crippen MR) is 109 cm³/mol. The van der Waals surface area contributed by atoms with Crippen LogP contribution in [0.25, 0.3) is 11.0 Å². The molecule has 0 aliphatic heterocycles. The van der Waals surface area contributed by atoms with Gasteiger partial charge in [0.1, 0.15) is 11.3 Å². The molecular formula is C22H25N5O. The van der Waals surface area contributed by atoms with Gasteiger partial charge in [-0.25, -0.2) is 4.98 Å². The summed E-state index contributed by atoms with van der Waals surface area (Å²) in [5.41, 5.74) is 9.07. The Kier molecular flexibility index (Phi) is 5.01. The second-order valence-electron chi connectivity index (χ2n) is 7.59. The van der Waals surface area contributed by atoms with Crippen LogP contribution in [0, 0.1) is 11.3 Å². The largest absolute Gasteiger partial charge is 0.328 e. The lowest BCUT2D eigenvalue weighted by molar-refractivity contribution is 0.376. The molecule has 1 aliphatic rings. The summed E-state index contributed by atoms with van der Waals surface area (Å²) < 4.78 is 3.73. The molecule has 2 aromatic heterocycles. The Bertz CT molecular complexity index is 1100. The molecule has 0 bridgehead atoms. The smallest absolute Gasteiger partial charge is 0.276 e. The monoisotopic (exact) mass is 375 g/mol. The molecule has 0 amide bonds. The van der Waals surface area contributed by atoms with Crippen molar-refractivity contribution < 1.29 is 0 Å². The molecule has 1 saturated carbocycles. The highest BCUT2D eigenvalue weighted by atomic mass is 16.1. The number of aromatic nitrogens is 3. The summed E-state index contributed by atoms with van der Waals surface area (Å²) in [5, 5.41) is 9.49. The van der Waals surface area contributed by atoms with E-state index in [2.05, 4.69) is 6.07 Å². The molecule has 144 valence electrons. The molecule has 1 aliphatic carbocycles. The number of hydrogen-bond acceptors (Lipinski definition) is 4. The SMILES string of the molecule is CCn1ccc2nc(C3CCCC(N)C3)n(Cc3ccccc3C#N)c2c1=O. The fourth-order valence-electron chi connectivity index (χ4n) is 4.32. The summed E-state index contributed by atoms with van der Waals surface area (Å²) in [6, 6.07) is 11.9. The first-order chi connectivity index (χ1) is 13.6. The lowest BCUT2D eigenvalue weighted by atomic mass is 9.85. The Morgan fingerprint density at radius 3 is 2.86 bits per heavy atom. The number of pyridine rings is 1. The first-order valence-corrected chi connectivity index (χ1v) is 9.95. The van der Waals surface area contributed by atoms with Gasteiger partial charge in [0.15, 0.2) is 0 Å². The van der Waals surface area contributed by atoms with Gasteiger partial charge in [-0.2, -0.15) is 5.26 Å². The zero-order valence-corrected chi connectivity index (χ0v) is 16.1. The Labute approximate surface area is 164 Å². The molecule has 2 heterocycles. The number of rotatable bonds is 4. The van der Waals surface area contributed by atoms with E-state index < -0.39 is 0 Å². The molecule has 2 N–H and O–H groups in total. The van der Waals surface area contributed by atoms with Crippen LogP contribution < -0.4 is 11.3 Å². The van der Waals surface area contributed by atoms with Gasteiger partial charge in [-0.05, 0) is 43.9 Å². The normalized spacial score (nSPS) is 19.6. The van der Waals surface area contributed by atoms with E-state index in [0.29, 0.717) is 24.2 Å². The van der Waals surface area contributed by atoms with Crippen molar-refractivity contribution in [2.24, 2.45) is 5.73 Å². The van der Waals surface area contributed by atoms with Gasteiger partial charge in [-0.3, -0.25) is 4.79 Å². The van der Waals surface area contributed by atoms with Gasteiger partial charge in [0, 0.05) is 24.7 Å². The predicted octanol–water partition coefficient (Wildman–Crippen LogP) is 3.12. The third-order valence-corrected chi connectivity index (χ3v) is 5.79. The molecule has 4 rings (SSSR count). The van der Waals surface area contributed by atoms with Gasteiger partial charge in [0.05, 0.1) is 23.7 Å². The number of aryl methyl sites for hydroxylation is 1. The third-order valence-electron chi connectivity index (χ3n) is 5.79. The minimum Gasteiger partial charge on any atom is -0.328 e. The van der Waals surface area contributed by atoms with E-state index in [4.69, 9.17) is 10.7 Å². The van der Waals surface area contributed by atoms with Crippen LogP contribution in [-0.4, -0.2) is 20.2 Å². The number of nitrogens with zero attached hydrogens (tertiary/aromatic N) is 4. The highest BCUT2D eigenvalue weighted by Gasteiger charge is 2.27. The first kappa shape index (κ1) is 18.5. The molecule has 28 heavy (non-hydrogen) atoms. The maximum absolute atomic E-state index is 13.1. The third kappa shape index (κ3) is 3.23. The van der Waals surface area contributed by atoms with Gasteiger partial charge < -0.3 is 14.9 Å². The summed E-state index contributed by atoms with van der Waals surface area (Å²) in [6.45, 7) is 3.03. The van der Waals surface area contributed by atoms with Gasteiger partial charge in [0.2, 0.25) is 0 Å². The van der Waals surface area contributed by atoms with Crippen LogP contribution in [0.1, 0.15) is 55.5 Å². The number of hydrogen-bond donors (Lipinski definition) is 1. The summed E-state index contributed by atoms with van der Waals surface area (Å²) in [4.78, 5) is 18.0. The van der Waals surface area contributed by atoms with Crippen LogP contribution in [0.4, 0.5) is 0 Å². The fourth-order valence-corrected chi connectivity index (χ4v) is 4.32. The number of imidazole rings is 1. The van der Waals surface area contributed by atoms with Crippen LogP contribution in [0.3, 0.4) is 0 Å². The summed E-state index contributed by atoms with van der Waals surface area (Å²) in [7, 11) is 0. The van der Waals surface area contributed by atoms with Crippen LogP contribution >= 0.6 is 0 Å². The van der Waals surface area contributed by atoms with Crippen molar-refractivity contribution >= 4 is 11.0 Å². The molecule has 0 spiro atoms. The van der Waals surface area contributed by atoms with Crippen molar-refractivity contribution in [3.63, 3.8) is 0 Å². The van der Waals surface area contributed by atoms with Gasteiger partial charge in [-0.15, -0.1) is 0 Å². The molecule has 0 radical (unpaired) electrons. The van der Waals surface area contributed by atoms with Crippen molar-refractivity contribution in [3.8, 4) is 6.07 Å². The van der Waals surface area contributed by atoms with E-state index in [9.17, 15) is 10.1 Å². The molecule has 1 aromatic carbocycles. The molecular weight excluding hydrogens is 350 g/mol. The Morgan fingerprint density at radius 1 is 1.29 bits per heavy atom. The Morgan fingerprint density at radius 2 is 2.11 bits per heavy atom. The number of fused-ring (bicyclic) bond motifs is 1. The average molecular weight is 375 g/mol. The average Bonchev–Trinajstić information content (AvgIpc) is 3.08. The Hall–Kier alpha value is -2.91. The molecule has 2 atom stereocenters. The number of nitriles is 1. The number of benzene rings is 1. The Balaban J connectivity index is 1.91. The highest BCUT2D eigenvalue weighted by Crippen LogP contribution is 2.33. The van der Waals surface area contributed by atoms with E-state index >= 15 is 0 Å². The second kappa shape index (κ2) is 7.61. The zero-order valence-electron chi connectivity index (χ0n) is 16.1. The van der Waals surface area contributed by atoms with Crippen molar-refractivity contribution in [1.29, 1.82) is 5.26 Å². The van der Waals surface area contributed by atoms with Crippen LogP contribution in [0.2, 0.25) is 0 Å². The summed E-state index contributed by atoms with van der Waals surface area (Å²) in [6.07, 6.45) is 5.82. The minimum atomic E-state index is -0.0340. The van der Waals surface area contributed by atoms with Crippen molar-refractivity contribution in [3.05, 3.63) is 63.8 Å². The van der Waals surface area contributed by atoms with Crippen molar-refractivity contribution in [2.75, 3.05) is 0 Å². The van der Waals surface area contributed by atoms with E-state index in [1.165, 1.54) is 0 Å². The topological polar surface area (TPSA) is 89.6 Å². The molecule has 2 unspecified atom stereocenters. The lowest BCUT2D eigenvalue weighted by Gasteiger charge is -2.26. The van der Waals surface area contributed by atoms with E-state index in [0.717, 1.165) is 42.6 Å².